The van der Waals surface area contributed by atoms with Crippen molar-refractivity contribution in [1.82, 2.24) is 0 Å². The third-order valence-electron chi connectivity index (χ3n) is 3.29. The third-order valence-corrected chi connectivity index (χ3v) is 3.66. The molecule has 0 amide bonds. The summed E-state index contributed by atoms with van der Waals surface area (Å²) in [5.41, 5.74) is 7.26. The highest BCUT2D eigenvalue weighted by atomic mass is 35.5. The zero-order valence-electron chi connectivity index (χ0n) is 8.95. The van der Waals surface area contributed by atoms with Gasteiger partial charge in [0.05, 0.1) is 0 Å². The highest BCUT2D eigenvalue weighted by Gasteiger charge is 2.19. The molecule has 1 aromatic carbocycles. The van der Waals surface area contributed by atoms with Crippen LogP contribution in [0.4, 0.5) is 0 Å². The van der Waals surface area contributed by atoms with Gasteiger partial charge in [-0.15, -0.1) is 0 Å². The maximum atomic E-state index is 6.15. The smallest absolute Gasteiger partial charge is 0.0438 e. The van der Waals surface area contributed by atoms with Crippen molar-refractivity contribution in [3.05, 3.63) is 34.9 Å². The summed E-state index contributed by atoms with van der Waals surface area (Å²) in [7, 11) is 0. The van der Waals surface area contributed by atoms with Gasteiger partial charge in [-0.3, -0.25) is 0 Å². The van der Waals surface area contributed by atoms with Crippen LogP contribution in [0.3, 0.4) is 0 Å². The third kappa shape index (κ3) is 2.96. The lowest BCUT2D eigenvalue weighted by Gasteiger charge is -2.26. The average Bonchev–Trinajstić information content (AvgIpc) is 2.22. The first kappa shape index (κ1) is 11.0. The van der Waals surface area contributed by atoms with Gasteiger partial charge in [-0.05, 0) is 36.8 Å². The Labute approximate surface area is 96.6 Å². The summed E-state index contributed by atoms with van der Waals surface area (Å²) < 4.78 is 0. The first-order valence-electron chi connectivity index (χ1n) is 5.74. The Morgan fingerprint density at radius 2 is 2.07 bits per heavy atom. The molecule has 0 saturated heterocycles. The van der Waals surface area contributed by atoms with Crippen LogP contribution >= 0.6 is 11.6 Å². The molecule has 0 aromatic heterocycles. The predicted octanol–water partition coefficient (Wildman–Crippen LogP) is 3.40. The molecule has 2 atom stereocenters. The van der Waals surface area contributed by atoms with Gasteiger partial charge in [0.2, 0.25) is 0 Å². The highest BCUT2D eigenvalue weighted by Crippen LogP contribution is 2.28. The van der Waals surface area contributed by atoms with E-state index in [2.05, 4.69) is 12.1 Å². The molecule has 1 fully saturated rings. The minimum atomic E-state index is 0.409. The van der Waals surface area contributed by atoms with Gasteiger partial charge in [0.25, 0.3) is 0 Å². The second-order valence-corrected chi connectivity index (χ2v) is 5.00. The van der Waals surface area contributed by atoms with Gasteiger partial charge >= 0.3 is 0 Å². The van der Waals surface area contributed by atoms with E-state index in [4.69, 9.17) is 17.3 Å². The van der Waals surface area contributed by atoms with E-state index in [9.17, 15) is 0 Å². The lowest BCUT2D eigenvalue weighted by Crippen LogP contribution is -2.28. The molecule has 1 nitrogen and oxygen atoms in total. The molecule has 1 aliphatic carbocycles. The number of rotatable bonds is 2. The van der Waals surface area contributed by atoms with E-state index < -0.39 is 0 Å². The molecule has 0 heterocycles. The Balaban J connectivity index is 1.99. The van der Waals surface area contributed by atoms with Crippen molar-refractivity contribution in [3.63, 3.8) is 0 Å². The van der Waals surface area contributed by atoms with Gasteiger partial charge in [-0.1, -0.05) is 42.6 Å². The van der Waals surface area contributed by atoms with Crippen LogP contribution < -0.4 is 5.73 Å². The number of hydrogen-bond donors (Lipinski definition) is 1. The normalized spacial score (nSPS) is 26.5. The monoisotopic (exact) mass is 223 g/mol. The van der Waals surface area contributed by atoms with Crippen LogP contribution in [0.25, 0.3) is 0 Å². The van der Waals surface area contributed by atoms with E-state index in [-0.39, 0.29) is 0 Å². The van der Waals surface area contributed by atoms with Gasteiger partial charge in [-0.2, -0.15) is 0 Å². The van der Waals surface area contributed by atoms with Crippen molar-refractivity contribution >= 4 is 11.6 Å². The van der Waals surface area contributed by atoms with Crippen molar-refractivity contribution in [3.8, 4) is 0 Å². The maximum Gasteiger partial charge on any atom is 0.0438 e. The minimum absolute atomic E-state index is 0.409. The summed E-state index contributed by atoms with van der Waals surface area (Å²) in [5, 5.41) is 0.900. The van der Waals surface area contributed by atoms with Crippen LogP contribution in [0.5, 0.6) is 0 Å². The molecule has 1 aliphatic rings. The van der Waals surface area contributed by atoms with Gasteiger partial charge in [0.15, 0.2) is 0 Å². The molecule has 0 radical (unpaired) electrons. The summed E-state index contributed by atoms with van der Waals surface area (Å²) in [5.74, 6) is 0.730. The molecule has 82 valence electrons. The maximum absolute atomic E-state index is 6.15. The van der Waals surface area contributed by atoms with E-state index >= 15 is 0 Å². The van der Waals surface area contributed by atoms with Crippen LogP contribution in [-0.4, -0.2) is 6.04 Å². The van der Waals surface area contributed by atoms with Gasteiger partial charge in [-0.25, -0.2) is 0 Å². The van der Waals surface area contributed by atoms with E-state index in [1.165, 1.54) is 24.8 Å². The Hall–Kier alpha value is -0.530. The number of halogens is 1. The van der Waals surface area contributed by atoms with Crippen LogP contribution in [0.2, 0.25) is 5.02 Å². The molecule has 1 saturated carbocycles. The Morgan fingerprint density at radius 1 is 1.27 bits per heavy atom. The highest BCUT2D eigenvalue weighted by molar-refractivity contribution is 6.31. The fraction of sp³-hybridized carbons (Fsp3) is 0.538. The molecule has 0 spiro atoms. The first-order chi connectivity index (χ1) is 7.25. The Kier molecular flexibility index (Phi) is 3.66. The average molecular weight is 224 g/mol. The Morgan fingerprint density at radius 3 is 2.80 bits per heavy atom. The summed E-state index contributed by atoms with van der Waals surface area (Å²) in [6.45, 7) is 0. The Bertz CT molecular complexity index is 324. The lowest BCUT2D eigenvalue weighted by atomic mass is 9.82. The fourth-order valence-electron chi connectivity index (χ4n) is 2.49. The predicted molar refractivity (Wildman–Crippen MR) is 65.1 cm³/mol. The first-order valence-corrected chi connectivity index (χ1v) is 6.12. The van der Waals surface area contributed by atoms with Crippen molar-refractivity contribution in [2.45, 2.75) is 38.1 Å². The second kappa shape index (κ2) is 5.00. The number of nitrogens with two attached hydrogens (primary N) is 1. The SMILES string of the molecule is N[C@@H]1CCC[C@H](Cc2ccccc2Cl)C1. The van der Waals surface area contributed by atoms with Crippen LogP contribution in [0.15, 0.2) is 24.3 Å². The van der Waals surface area contributed by atoms with Crippen LogP contribution in [0, 0.1) is 5.92 Å². The van der Waals surface area contributed by atoms with Crippen LogP contribution in [-0.2, 0) is 6.42 Å². The zero-order valence-corrected chi connectivity index (χ0v) is 9.71. The van der Waals surface area contributed by atoms with E-state index in [1.54, 1.807) is 0 Å². The summed E-state index contributed by atoms with van der Waals surface area (Å²) >= 11 is 6.15. The lowest BCUT2D eigenvalue weighted by molar-refractivity contribution is 0.321. The topological polar surface area (TPSA) is 26.0 Å². The number of benzene rings is 1. The molecule has 0 aliphatic heterocycles. The molecule has 2 N–H and O–H groups in total. The van der Waals surface area contributed by atoms with E-state index in [0.717, 1.165) is 23.8 Å². The minimum Gasteiger partial charge on any atom is -0.328 e. The van der Waals surface area contributed by atoms with Gasteiger partial charge < -0.3 is 5.73 Å². The molecular formula is C13H18ClN. The molecule has 0 unspecified atom stereocenters. The second-order valence-electron chi connectivity index (χ2n) is 4.59. The summed E-state index contributed by atoms with van der Waals surface area (Å²) in [4.78, 5) is 0. The molecular weight excluding hydrogens is 206 g/mol. The summed E-state index contributed by atoms with van der Waals surface area (Å²) in [6, 6.07) is 8.55. The molecule has 2 rings (SSSR count). The van der Waals surface area contributed by atoms with Crippen LogP contribution in [0.1, 0.15) is 31.2 Å². The van der Waals surface area contributed by atoms with E-state index in [0.29, 0.717) is 6.04 Å². The standard InChI is InChI=1S/C13H18ClN/c14-13-7-2-1-5-11(13)8-10-4-3-6-12(15)9-10/h1-2,5,7,10,12H,3-4,6,8-9,15H2/t10-,12-/m1/s1. The molecule has 0 bridgehead atoms. The molecule has 15 heavy (non-hydrogen) atoms. The van der Waals surface area contributed by atoms with Crippen molar-refractivity contribution in [1.29, 1.82) is 0 Å². The largest absolute Gasteiger partial charge is 0.328 e. The van der Waals surface area contributed by atoms with Crippen molar-refractivity contribution in [2.24, 2.45) is 11.7 Å². The van der Waals surface area contributed by atoms with E-state index in [1.807, 2.05) is 12.1 Å². The van der Waals surface area contributed by atoms with Gasteiger partial charge in [0, 0.05) is 11.1 Å². The zero-order chi connectivity index (χ0) is 10.7. The van der Waals surface area contributed by atoms with Gasteiger partial charge in [0.1, 0.15) is 0 Å². The van der Waals surface area contributed by atoms with Crippen molar-refractivity contribution in [2.75, 3.05) is 0 Å². The molecule has 2 heteroatoms. The quantitative estimate of drug-likeness (QED) is 0.817. The molecule has 1 aromatic rings. The van der Waals surface area contributed by atoms with Crippen molar-refractivity contribution < 1.29 is 0 Å². The fourth-order valence-corrected chi connectivity index (χ4v) is 2.71. The number of hydrogen-bond acceptors (Lipinski definition) is 1. The summed E-state index contributed by atoms with van der Waals surface area (Å²) in [6.07, 6.45) is 6.02.